The Hall–Kier alpha value is -1.59. The van der Waals surface area contributed by atoms with E-state index in [2.05, 4.69) is 38.6 Å². The SMILES string of the molecule is CC1(C)CCCN1c1nc(N)nc(N2CCCCC2)n1. The number of rotatable bonds is 2. The molecule has 2 aliphatic heterocycles. The zero-order valence-corrected chi connectivity index (χ0v) is 12.5. The fraction of sp³-hybridized carbons (Fsp3) is 0.786. The monoisotopic (exact) mass is 276 g/mol. The molecule has 0 unspecified atom stereocenters. The van der Waals surface area contributed by atoms with Crippen LogP contribution in [0, 0.1) is 0 Å². The van der Waals surface area contributed by atoms with Crippen LogP contribution in [0.5, 0.6) is 0 Å². The van der Waals surface area contributed by atoms with E-state index in [0.717, 1.165) is 38.0 Å². The molecule has 6 nitrogen and oxygen atoms in total. The summed E-state index contributed by atoms with van der Waals surface area (Å²) < 4.78 is 0. The molecule has 2 saturated heterocycles. The van der Waals surface area contributed by atoms with Gasteiger partial charge in [0.1, 0.15) is 0 Å². The van der Waals surface area contributed by atoms with E-state index in [1.165, 1.54) is 25.7 Å². The van der Waals surface area contributed by atoms with Gasteiger partial charge in [-0.15, -0.1) is 0 Å². The standard InChI is InChI=1S/C14H24N6/c1-14(2)7-6-10-20(14)13-17-11(15)16-12(18-13)19-8-4-3-5-9-19/h3-10H2,1-2H3,(H2,15,16,17,18). The van der Waals surface area contributed by atoms with Crippen molar-refractivity contribution in [2.45, 2.75) is 51.5 Å². The van der Waals surface area contributed by atoms with Crippen molar-refractivity contribution in [3.8, 4) is 0 Å². The Morgan fingerprint density at radius 2 is 1.60 bits per heavy atom. The number of hydrogen-bond donors (Lipinski definition) is 1. The van der Waals surface area contributed by atoms with Crippen molar-refractivity contribution < 1.29 is 0 Å². The van der Waals surface area contributed by atoms with Gasteiger partial charge in [-0.25, -0.2) is 0 Å². The summed E-state index contributed by atoms with van der Waals surface area (Å²) in [5.74, 6) is 1.81. The summed E-state index contributed by atoms with van der Waals surface area (Å²) in [6, 6.07) is 0. The number of piperidine rings is 1. The molecule has 2 fully saturated rings. The minimum absolute atomic E-state index is 0.104. The molecular weight excluding hydrogens is 252 g/mol. The summed E-state index contributed by atoms with van der Waals surface area (Å²) in [4.78, 5) is 17.9. The predicted octanol–water partition coefficient (Wildman–Crippen LogP) is 1.82. The second-order valence-electron chi connectivity index (χ2n) is 6.41. The molecule has 2 N–H and O–H groups in total. The minimum atomic E-state index is 0.104. The van der Waals surface area contributed by atoms with Crippen LogP contribution in [-0.2, 0) is 0 Å². The average molecular weight is 276 g/mol. The van der Waals surface area contributed by atoms with Crippen LogP contribution in [0.25, 0.3) is 0 Å². The van der Waals surface area contributed by atoms with E-state index in [-0.39, 0.29) is 5.54 Å². The van der Waals surface area contributed by atoms with Crippen molar-refractivity contribution in [2.24, 2.45) is 0 Å². The highest BCUT2D eigenvalue weighted by Crippen LogP contribution is 2.32. The fourth-order valence-electron chi connectivity index (χ4n) is 3.20. The van der Waals surface area contributed by atoms with Crippen molar-refractivity contribution >= 4 is 17.8 Å². The van der Waals surface area contributed by atoms with Gasteiger partial charge in [-0.05, 0) is 46.0 Å². The van der Waals surface area contributed by atoms with Crippen molar-refractivity contribution in [1.29, 1.82) is 0 Å². The molecule has 0 spiro atoms. The van der Waals surface area contributed by atoms with Crippen LogP contribution in [0.3, 0.4) is 0 Å². The smallest absolute Gasteiger partial charge is 0.232 e. The van der Waals surface area contributed by atoms with Gasteiger partial charge in [-0.2, -0.15) is 15.0 Å². The number of anilines is 3. The summed E-state index contributed by atoms with van der Waals surface area (Å²) in [7, 11) is 0. The molecule has 0 saturated carbocycles. The molecule has 0 aliphatic carbocycles. The minimum Gasteiger partial charge on any atom is -0.368 e. The predicted molar refractivity (Wildman–Crippen MR) is 81.0 cm³/mol. The van der Waals surface area contributed by atoms with E-state index in [1.807, 2.05) is 0 Å². The quantitative estimate of drug-likeness (QED) is 0.888. The highest BCUT2D eigenvalue weighted by molar-refractivity contribution is 5.46. The third-order valence-corrected chi connectivity index (χ3v) is 4.41. The molecule has 0 aromatic carbocycles. The van der Waals surface area contributed by atoms with E-state index in [0.29, 0.717) is 5.95 Å². The third-order valence-electron chi connectivity index (χ3n) is 4.41. The Morgan fingerprint density at radius 3 is 2.25 bits per heavy atom. The lowest BCUT2D eigenvalue weighted by Crippen LogP contribution is -2.40. The Kier molecular flexibility index (Phi) is 3.40. The lowest BCUT2D eigenvalue weighted by Gasteiger charge is -2.33. The highest BCUT2D eigenvalue weighted by Gasteiger charge is 2.34. The molecule has 1 aromatic rings. The summed E-state index contributed by atoms with van der Waals surface area (Å²) in [6.07, 6.45) is 6.05. The number of nitrogens with zero attached hydrogens (tertiary/aromatic N) is 5. The Balaban J connectivity index is 1.90. The Morgan fingerprint density at radius 1 is 0.900 bits per heavy atom. The maximum absolute atomic E-state index is 5.91. The Labute approximate surface area is 120 Å². The average Bonchev–Trinajstić information content (AvgIpc) is 2.79. The summed E-state index contributed by atoms with van der Waals surface area (Å²) >= 11 is 0. The van der Waals surface area contributed by atoms with Crippen LogP contribution in [-0.4, -0.2) is 40.1 Å². The van der Waals surface area contributed by atoms with E-state index < -0.39 is 0 Å². The molecule has 1 aromatic heterocycles. The first-order chi connectivity index (χ1) is 9.56. The first kappa shape index (κ1) is 13.4. The molecular formula is C14H24N6. The van der Waals surface area contributed by atoms with Gasteiger partial charge in [0, 0.05) is 25.2 Å². The zero-order valence-electron chi connectivity index (χ0n) is 12.5. The van der Waals surface area contributed by atoms with E-state index in [1.54, 1.807) is 0 Å². The molecule has 110 valence electrons. The molecule has 20 heavy (non-hydrogen) atoms. The number of nitrogens with two attached hydrogens (primary N) is 1. The lowest BCUT2D eigenvalue weighted by atomic mass is 10.0. The largest absolute Gasteiger partial charge is 0.368 e. The maximum Gasteiger partial charge on any atom is 0.232 e. The maximum atomic E-state index is 5.91. The van der Waals surface area contributed by atoms with Gasteiger partial charge in [-0.3, -0.25) is 0 Å². The van der Waals surface area contributed by atoms with Gasteiger partial charge in [0.25, 0.3) is 0 Å². The fourth-order valence-corrected chi connectivity index (χ4v) is 3.20. The van der Waals surface area contributed by atoms with Crippen LogP contribution in [0.1, 0.15) is 46.0 Å². The number of nitrogen functional groups attached to an aromatic ring is 1. The van der Waals surface area contributed by atoms with Crippen LogP contribution in [0.2, 0.25) is 0 Å². The van der Waals surface area contributed by atoms with Crippen molar-refractivity contribution in [2.75, 3.05) is 35.2 Å². The molecule has 3 heterocycles. The molecule has 3 rings (SSSR count). The number of aromatic nitrogens is 3. The van der Waals surface area contributed by atoms with Crippen LogP contribution in [0.15, 0.2) is 0 Å². The van der Waals surface area contributed by atoms with Crippen molar-refractivity contribution in [3.05, 3.63) is 0 Å². The first-order valence-electron chi connectivity index (χ1n) is 7.60. The summed E-state index contributed by atoms with van der Waals surface area (Å²) in [5, 5.41) is 0. The molecule has 6 heteroatoms. The number of hydrogen-bond acceptors (Lipinski definition) is 6. The molecule has 0 amide bonds. The third kappa shape index (κ3) is 2.51. The van der Waals surface area contributed by atoms with E-state index >= 15 is 0 Å². The summed E-state index contributed by atoms with van der Waals surface area (Å²) in [5.41, 5.74) is 6.01. The van der Waals surface area contributed by atoms with Gasteiger partial charge in [0.05, 0.1) is 0 Å². The Bertz CT molecular complexity index is 481. The van der Waals surface area contributed by atoms with Crippen LogP contribution >= 0.6 is 0 Å². The van der Waals surface area contributed by atoms with E-state index in [9.17, 15) is 0 Å². The zero-order chi connectivity index (χ0) is 14.2. The molecule has 2 aliphatic rings. The van der Waals surface area contributed by atoms with Gasteiger partial charge in [0.2, 0.25) is 17.8 Å². The normalized spacial score (nSPS) is 22.3. The highest BCUT2D eigenvalue weighted by atomic mass is 15.4. The molecule has 0 bridgehead atoms. The van der Waals surface area contributed by atoms with Gasteiger partial charge in [0.15, 0.2) is 0 Å². The lowest BCUT2D eigenvalue weighted by molar-refractivity contribution is 0.508. The molecule has 0 atom stereocenters. The van der Waals surface area contributed by atoms with Gasteiger partial charge < -0.3 is 15.5 Å². The summed E-state index contributed by atoms with van der Waals surface area (Å²) in [6.45, 7) is 7.51. The van der Waals surface area contributed by atoms with Gasteiger partial charge in [-0.1, -0.05) is 0 Å². The van der Waals surface area contributed by atoms with Crippen LogP contribution in [0.4, 0.5) is 17.8 Å². The molecule has 0 radical (unpaired) electrons. The van der Waals surface area contributed by atoms with E-state index in [4.69, 9.17) is 5.73 Å². The topological polar surface area (TPSA) is 71.2 Å². The second kappa shape index (κ2) is 5.07. The first-order valence-corrected chi connectivity index (χ1v) is 7.60. The van der Waals surface area contributed by atoms with Crippen molar-refractivity contribution in [3.63, 3.8) is 0 Å². The van der Waals surface area contributed by atoms with Gasteiger partial charge >= 0.3 is 0 Å². The van der Waals surface area contributed by atoms with Crippen molar-refractivity contribution in [1.82, 2.24) is 15.0 Å². The second-order valence-corrected chi connectivity index (χ2v) is 6.41. The van der Waals surface area contributed by atoms with Crippen LogP contribution < -0.4 is 15.5 Å².